The summed E-state index contributed by atoms with van der Waals surface area (Å²) in [6.45, 7) is 4.53. The monoisotopic (exact) mass is 1070 g/mol. The van der Waals surface area contributed by atoms with Crippen molar-refractivity contribution in [3.05, 3.63) is 85.1 Å². The number of hydrogen-bond acceptors (Lipinski definition) is 6. The normalized spacial score (nSPS) is 14.4. The van der Waals surface area contributed by atoms with Crippen molar-refractivity contribution in [2.24, 2.45) is 0 Å². The van der Waals surface area contributed by atoms with E-state index in [1.54, 1.807) is 6.08 Å². The van der Waals surface area contributed by atoms with Gasteiger partial charge >= 0.3 is 0 Å². The Bertz CT molecular complexity index is 1500. The maximum absolute atomic E-state index is 13.0. The predicted molar refractivity (Wildman–Crippen MR) is 325 cm³/mol. The highest BCUT2D eigenvalue weighted by atomic mass is 31.2. The first-order chi connectivity index (χ1) is 36.5. The van der Waals surface area contributed by atoms with E-state index in [2.05, 4.69) is 92.1 Å². The number of amides is 1. The molecule has 0 aromatic rings. The zero-order valence-corrected chi connectivity index (χ0v) is 50.6. The molecule has 0 heterocycles. The molecule has 3 unspecified atom stereocenters. The Kier molecular flexibility index (Phi) is 54.7. The largest absolute Gasteiger partial charge is 0.756 e. The van der Waals surface area contributed by atoms with Crippen LogP contribution in [0.3, 0.4) is 0 Å². The van der Waals surface area contributed by atoms with Gasteiger partial charge in [-0.1, -0.05) is 279 Å². The van der Waals surface area contributed by atoms with Crippen LogP contribution in [-0.2, 0) is 18.4 Å². The molecule has 1 amide bonds. The molecule has 8 nitrogen and oxygen atoms in total. The van der Waals surface area contributed by atoms with Crippen molar-refractivity contribution in [1.29, 1.82) is 0 Å². The fraction of sp³-hybridized carbons (Fsp3) is 0.773. The van der Waals surface area contributed by atoms with Gasteiger partial charge in [-0.2, -0.15) is 0 Å². The molecule has 0 fully saturated rings. The number of phosphoric acid groups is 1. The van der Waals surface area contributed by atoms with E-state index in [0.717, 1.165) is 83.5 Å². The van der Waals surface area contributed by atoms with Crippen LogP contribution >= 0.6 is 7.82 Å². The molecule has 2 N–H and O–H groups in total. The third kappa shape index (κ3) is 59.2. The molecule has 0 aliphatic carbocycles. The van der Waals surface area contributed by atoms with Crippen LogP contribution in [-0.4, -0.2) is 68.5 Å². The molecule has 0 saturated heterocycles. The van der Waals surface area contributed by atoms with E-state index in [9.17, 15) is 19.4 Å². The molecule has 436 valence electrons. The molecular formula is C66H121N2O6P. The number of unbranched alkanes of at least 4 members (excludes halogenated alkanes) is 32. The average Bonchev–Trinajstić information content (AvgIpc) is 3.37. The summed E-state index contributed by atoms with van der Waals surface area (Å²) in [5.74, 6) is -0.219. The van der Waals surface area contributed by atoms with Crippen LogP contribution in [0.25, 0.3) is 0 Å². The number of rotatable bonds is 57. The van der Waals surface area contributed by atoms with Gasteiger partial charge in [-0.25, -0.2) is 0 Å². The molecule has 0 saturated carbocycles. The fourth-order valence-electron chi connectivity index (χ4n) is 8.96. The summed E-state index contributed by atoms with van der Waals surface area (Å²) >= 11 is 0. The van der Waals surface area contributed by atoms with E-state index < -0.39 is 26.6 Å². The first kappa shape index (κ1) is 72.7. The van der Waals surface area contributed by atoms with E-state index in [-0.39, 0.29) is 12.5 Å². The molecule has 0 bridgehead atoms. The van der Waals surface area contributed by atoms with Crippen LogP contribution in [0.15, 0.2) is 85.1 Å². The molecule has 0 aromatic heterocycles. The number of quaternary nitrogens is 1. The molecule has 0 rings (SSSR count). The van der Waals surface area contributed by atoms with Gasteiger partial charge in [-0.3, -0.25) is 9.36 Å². The number of nitrogens with one attached hydrogen (secondary N) is 1. The van der Waals surface area contributed by atoms with Crippen molar-refractivity contribution >= 4 is 13.7 Å². The highest BCUT2D eigenvalue weighted by Crippen LogP contribution is 2.38. The number of carbonyl (C=O) groups excluding carboxylic acids is 1. The van der Waals surface area contributed by atoms with Gasteiger partial charge in [0.1, 0.15) is 13.2 Å². The third-order valence-electron chi connectivity index (χ3n) is 13.8. The van der Waals surface area contributed by atoms with Crippen molar-refractivity contribution in [3.63, 3.8) is 0 Å². The van der Waals surface area contributed by atoms with Crippen LogP contribution < -0.4 is 10.2 Å². The third-order valence-corrected chi connectivity index (χ3v) is 14.8. The van der Waals surface area contributed by atoms with E-state index in [1.807, 2.05) is 27.2 Å². The second kappa shape index (κ2) is 56.4. The molecule has 0 aliphatic rings. The van der Waals surface area contributed by atoms with Gasteiger partial charge in [0.2, 0.25) is 5.91 Å². The van der Waals surface area contributed by atoms with Crippen LogP contribution in [0.1, 0.15) is 277 Å². The number of phosphoric ester groups is 1. The maximum atomic E-state index is 13.0. The van der Waals surface area contributed by atoms with E-state index >= 15 is 0 Å². The number of likely N-dealkylation sites (N-methyl/N-ethyl adjacent to an activating group) is 1. The molecule has 3 atom stereocenters. The Labute approximate surface area is 465 Å². The minimum absolute atomic E-state index is 0.0127. The van der Waals surface area contributed by atoms with E-state index in [1.165, 1.54) is 173 Å². The summed E-state index contributed by atoms with van der Waals surface area (Å²) in [5.41, 5.74) is 0. The first-order valence-corrected chi connectivity index (χ1v) is 32.9. The second-order valence-electron chi connectivity index (χ2n) is 22.4. The van der Waals surface area contributed by atoms with Crippen molar-refractivity contribution in [3.8, 4) is 0 Å². The highest BCUT2D eigenvalue weighted by molar-refractivity contribution is 7.45. The quantitative estimate of drug-likeness (QED) is 0.0272. The summed E-state index contributed by atoms with van der Waals surface area (Å²) in [6, 6.07) is -0.916. The van der Waals surface area contributed by atoms with Gasteiger partial charge in [0.15, 0.2) is 0 Å². The summed E-state index contributed by atoms with van der Waals surface area (Å²) in [6.07, 6.45) is 79.7. The van der Waals surface area contributed by atoms with Crippen molar-refractivity contribution in [1.82, 2.24) is 5.32 Å². The number of nitrogens with zero attached hydrogens (tertiary/aromatic N) is 1. The lowest BCUT2D eigenvalue weighted by molar-refractivity contribution is -0.870. The van der Waals surface area contributed by atoms with E-state index in [4.69, 9.17) is 9.05 Å². The molecule has 9 heteroatoms. The lowest BCUT2D eigenvalue weighted by atomic mass is 10.0. The zero-order chi connectivity index (χ0) is 54.9. The number of carbonyl (C=O) groups is 1. The van der Waals surface area contributed by atoms with Crippen LogP contribution in [0, 0.1) is 0 Å². The second-order valence-corrected chi connectivity index (χ2v) is 23.8. The number of aliphatic hydroxyl groups is 1. The SMILES string of the molecule is CC/C=C\C/C=C\C/C=C\C/C=C\C/C=C\CCCCCCCCCC(=O)NC(COP(=O)([O-])OCC[N+](C)(C)C)C(O)/C=C/CC/C=C/CCCCCCCCCCCCCCCCCCCCCCCCCC. The summed E-state index contributed by atoms with van der Waals surface area (Å²) < 4.78 is 23.4. The van der Waals surface area contributed by atoms with Crippen LogP contribution in [0.4, 0.5) is 0 Å². The summed E-state index contributed by atoms with van der Waals surface area (Å²) in [5, 5.41) is 13.9. The Morgan fingerprint density at radius 1 is 0.480 bits per heavy atom. The molecular weight excluding hydrogens is 948 g/mol. The highest BCUT2D eigenvalue weighted by Gasteiger charge is 2.23. The fourth-order valence-corrected chi connectivity index (χ4v) is 9.69. The van der Waals surface area contributed by atoms with Crippen LogP contribution in [0.2, 0.25) is 0 Å². The minimum atomic E-state index is -4.62. The van der Waals surface area contributed by atoms with Gasteiger partial charge in [-0.05, 0) is 77.0 Å². The summed E-state index contributed by atoms with van der Waals surface area (Å²) in [4.78, 5) is 25.5. The van der Waals surface area contributed by atoms with Gasteiger partial charge in [0.25, 0.3) is 7.82 Å². The Hall–Kier alpha value is -2.32. The topological polar surface area (TPSA) is 108 Å². The molecule has 0 spiro atoms. The lowest BCUT2D eigenvalue weighted by Crippen LogP contribution is -2.45. The molecule has 0 aliphatic heterocycles. The Balaban J connectivity index is 4.21. The van der Waals surface area contributed by atoms with Gasteiger partial charge in [0, 0.05) is 6.42 Å². The Morgan fingerprint density at radius 3 is 1.24 bits per heavy atom. The zero-order valence-electron chi connectivity index (χ0n) is 49.7. The van der Waals surface area contributed by atoms with Crippen molar-refractivity contribution in [2.45, 2.75) is 289 Å². The lowest BCUT2D eigenvalue weighted by Gasteiger charge is -2.29. The van der Waals surface area contributed by atoms with Crippen molar-refractivity contribution in [2.75, 3.05) is 40.9 Å². The average molecular weight is 1070 g/mol. The number of aliphatic hydroxyl groups excluding tert-OH is 1. The van der Waals surface area contributed by atoms with Crippen LogP contribution in [0.5, 0.6) is 0 Å². The van der Waals surface area contributed by atoms with Gasteiger partial charge < -0.3 is 28.8 Å². The smallest absolute Gasteiger partial charge is 0.268 e. The van der Waals surface area contributed by atoms with Crippen molar-refractivity contribution < 1.29 is 32.9 Å². The maximum Gasteiger partial charge on any atom is 0.268 e. The molecule has 0 radical (unpaired) electrons. The number of allylic oxidation sites excluding steroid dienone is 13. The Morgan fingerprint density at radius 2 is 0.827 bits per heavy atom. The molecule has 75 heavy (non-hydrogen) atoms. The van der Waals surface area contributed by atoms with Gasteiger partial charge in [-0.15, -0.1) is 0 Å². The van der Waals surface area contributed by atoms with E-state index in [0.29, 0.717) is 17.4 Å². The molecule has 0 aromatic carbocycles. The minimum Gasteiger partial charge on any atom is -0.756 e. The standard InChI is InChI=1S/C66H121N2O6P/c1-6-8-10-12-14-16-18-20-22-24-26-28-30-31-32-33-34-35-36-38-39-41-43-45-47-49-51-53-55-57-59-65(69)64(63-74-75(71,72)73-62-61-68(3,4)5)67-66(70)60-58-56-54-52-50-48-46-44-42-40-37-29-27-25-23-21-19-17-15-13-11-9-7-2/h9,11,15,17,21,23,27,29,40,42,49,51,57,59,64-65,69H,6-8,10,12-14,16,18-20,22,24-26,28,30-39,41,43-48,50,52-56,58,60-63H2,1-5H3,(H-,67,70,71,72)/b11-9-,17-15-,23-21-,29-27-,42-40-,51-49+,59-57+. The van der Waals surface area contributed by atoms with Gasteiger partial charge in [0.05, 0.1) is 39.9 Å². The first-order valence-electron chi connectivity index (χ1n) is 31.4. The summed E-state index contributed by atoms with van der Waals surface area (Å²) in [7, 11) is 1.23. The predicted octanol–water partition coefficient (Wildman–Crippen LogP) is 19.0. The number of hydrogen-bond donors (Lipinski definition) is 2.